The van der Waals surface area contributed by atoms with Crippen LogP contribution in [0.4, 0.5) is 0 Å². The molecule has 5 nitrogen and oxygen atoms in total. The molecule has 0 spiro atoms. The second kappa shape index (κ2) is 5.73. The number of hydrogen-bond donors (Lipinski definition) is 1. The molecule has 1 aliphatic carbocycles. The van der Waals surface area contributed by atoms with Crippen molar-refractivity contribution >= 4 is 0 Å². The molecule has 1 aliphatic rings. The Kier molecular flexibility index (Phi) is 3.80. The summed E-state index contributed by atoms with van der Waals surface area (Å²) in [6, 6.07) is 10.6. The van der Waals surface area contributed by atoms with Crippen LogP contribution in [0.5, 0.6) is 0 Å². The van der Waals surface area contributed by atoms with E-state index < -0.39 is 0 Å². The molecule has 1 saturated carbocycles. The van der Waals surface area contributed by atoms with Gasteiger partial charge in [-0.15, -0.1) is 10.2 Å². The number of methoxy groups -OCH3 is 1. The van der Waals surface area contributed by atoms with Crippen molar-refractivity contribution < 1.29 is 4.74 Å². The third kappa shape index (κ3) is 2.46. The van der Waals surface area contributed by atoms with Crippen LogP contribution in [0.15, 0.2) is 30.3 Å². The molecular weight excluding hydrogens is 252 g/mol. The average molecular weight is 272 g/mol. The maximum Gasteiger partial charge on any atom is 0.146 e. The van der Waals surface area contributed by atoms with Crippen LogP contribution < -0.4 is 5.73 Å². The van der Waals surface area contributed by atoms with Gasteiger partial charge < -0.3 is 15.0 Å². The lowest BCUT2D eigenvalue weighted by Crippen LogP contribution is -2.14. The van der Waals surface area contributed by atoms with Crippen LogP contribution in [-0.4, -0.2) is 28.5 Å². The predicted octanol–water partition coefficient (Wildman–Crippen LogP) is 1.65. The third-order valence-electron chi connectivity index (χ3n) is 3.91. The molecule has 0 aliphatic heterocycles. The summed E-state index contributed by atoms with van der Waals surface area (Å²) in [5.74, 6) is 2.92. The Morgan fingerprint density at radius 2 is 2.05 bits per heavy atom. The van der Waals surface area contributed by atoms with Crippen molar-refractivity contribution in [1.82, 2.24) is 14.8 Å². The Morgan fingerprint density at radius 3 is 2.75 bits per heavy atom. The highest BCUT2D eigenvalue weighted by Crippen LogP contribution is 2.53. The fraction of sp³-hybridized carbons (Fsp3) is 0.467. The van der Waals surface area contributed by atoms with Gasteiger partial charge in [-0.3, -0.25) is 0 Å². The number of ether oxygens (including phenoxy) is 1. The summed E-state index contributed by atoms with van der Waals surface area (Å²) in [6.45, 7) is 1.84. The van der Waals surface area contributed by atoms with Crippen LogP contribution in [-0.2, 0) is 17.8 Å². The van der Waals surface area contributed by atoms with E-state index in [1.54, 1.807) is 7.11 Å². The van der Waals surface area contributed by atoms with E-state index in [9.17, 15) is 0 Å². The molecule has 5 heteroatoms. The molecule has 2 N–H and O–H groups in total. The summed E-state index contributed by atoms with van der Waals surface area (Å²) in [5, 5.41) is 8.56. The maximum absolute atomic E-state index is 5.74. The van der Waals surface area contributed by atoms with Crippen molar-refractivity contribution in [1.29, 1.82) is 0 Å². The minimum atomic E-state index is 0.416. The number of aromatic nitrogens is 3. The monoisotopic (exact) mass is 272 g/mol. The Labute approximate surface area is 118 Å². The Morgan fingerprint density at radius 1 is 1.25 bits per heavy atom. The molecule has 0 bridgehead atoms. The van der Waals surface area contributed by atoms with Crippen LogP contribution >= 0.6 is 0 Å². The molecule has 0 amide bonds. The molecule has 1 heterocycles. The van der Waals surface area contributed by atoms with Crippen molar-refractivity contribution in [2.75, 3.05) is 13.7 Å². The zero-order chi connectivity index (χ0) is 13.9. The lowest BCUT2D eigenvalue weighted by atomic mass is 10.1. The Bertz CT molecular complexity index is 567. The molecule has 2 unspecified atom stereocenters. The van der Waals surface area contributed by atoms with Gasteiger partial charge >= 0.3 is 0 Å². The number of rotatable bonds is 6. The first-order valence-corrected chi connectivity index (χ1v) is 7.01. The summed E-state index contributed by atoms with van der Waals surface area (Å²) in [4.78, 5) is 0. The minimum Gasteiger partial charge on any atom is -0.383 e. The summed E-state index contributed by atoms with van der Waals surface area (Å²) in [5.41, 5.74) is 7.12. The molecule has 1 aromatic carbocycles. The van der Waals surface area contributed by atoms with Gasteiger partial charge in [-0.25, -0.2) is 0 Å². The average Bonchev–Trinajstić information content (AvgIpc) is 3.19. The van der Waals surface area contributed by atoms with Gasteiger partial charge in [-0.1, -0.05) is 30.3 Å². The normalized spacial score (nSPS) is 21.1. The molecular formula is C15H20N4O. The first-order chi connectivity index (χ1) is 9.85. The van der Waals surface area contributed by atoms with Gasteiger partial charge in [0.2, 0.25) is 0 Å². The number of nitrogens with zero attached hydrogens (tertiary/aromatic N) is 3. The number of benzene rings is 1. The van der Waals surface area contributed by atoms with E-state index in [0.717, 1.165) is 24.6 Å². The molecule has 0 saturated heterocycles. The highest BCUT2D eigenvalue weighted by molar-refractivity contribution is 5.31. The van der Waals surface area contributed by atoms with Crippen molar-refractivity contribution in [3.05, 3.63) is 47.5 Å². The van der Waals surface area contributed by atoms with E-state index in [2.05, 4.69) is 45.1 Å². The van der Waals surface area contributed by atoms with Gasteiger partial charge in [-0.2, -0.15) is 0 Å². The summed E-state index contributed by atoms with van der Waals surface area (Å²) >= 11 is 0. The largest absolute Gasteiger partial charge is 0.383 e. The number of hydrogen-bond acceptors (Lipinski definition) is 4. The van der Waals surface area contributed by atoms with Crippen molar-refractivity contribution in [2.24, 2.45) is 5.73 Å². The second-order valence-electron chi connectivity index (χ2n) is 5.18. The van der Waals surface area contributed by atoms with Gasteiger partial charge in [0.05, 0.1) is 13.2 Å². The highest BCUT2D eigenvalue weighted by atomic mass is 16.5. The molecule has 0 radical (unpaired) electrons. The minimum absolute atomic E-state index is 0.416. The topological polar surface area (TPSA) is 66.0 Å². The van der Waals surface area contributed by atoms with E-state index in [4.69, 9.17) is 10.5 Å². The van der Waals surface area contributed by atoms with E-state index in [-0.39, 0.29) is 0 Å². The Hall–Kier alpha value is -1.72. The van der Waals surface area contributed by atoms with E-state index in [1.165, 1.54) is 5.56 Å². The van der Waals surface area contributed by atoms with Gasteiger partial charge in [0.15, 0.2) is 0 Å². The quantitative estimate of drug-likeness (QED) is 0.868. The predicted molar refractivity (Wildman–Crippen MR) is 76.3 cm³/mol. The highest BCUT2D eigenvalue weighted by Gasteiger charge is 2.43. The lowest BCUT2D eigenvalue weighted by molar-refractivity contribution is 0.185. The smallest absolute Gasteiger partial charge is 0.146 e. The summed E-state index contributed by atoms with van der Waals surface area (Å²) in [6.07, 6.45) is 1.14. The molecule has 3 rings (SSSR count). The molecule has 20 heavy (non-hydrogen) atoms. The second-order valence-corrected chi connectivity index (χ2v) is 5.18. The van der Waals surface area contributed by atoms with E-state index >= 15 is 0 Å². The fourth-order valence-corrected chi connectivity index (χ4v) is 2.75. The molecule has 1 fully saturated rings. The third-order valence-corrected chi connectivity index (χ3v) is 3.91. The van der Waals surface area contributed by atoms with Crippen molar-refractivity contribution in [3.63, 3.8) is 0 Å². The summed E-state index contributed by atoms with van der Waals surface area (Å²) in [7, 11) is 1.70. The molecule has 2 aromatic rings. The first kappa shape index (κ1) is 13.3. The standard InChI is InChI=1S/C15H20N4O/c1-20-8-7-19-14(10-16)17-18-15(19)13-9-12(13)11-5-3-2-4-6-11/h2-6,12-13H,7-10,16H2,1H3. The summed E-state index contributed by atoms with van der Waals surface area (Å²) < 4.78 is 7.29. The first-order valence-electron chi connectivity index (χ1n) is 7.01. The lowest BCUT2D eigenvalue weighted by Gasteiger charge is -2.08. The molecule has 2 atom stereocenters. The van der Waals surface area contributed by atoms with Crippen LogP contribution in [0.3, 0.4) is 0 Å². The van der Waals surface area contributed by atoms with Gasteiger partial charge in [0, 0.05) is 19.6 Å². The Balaban J connectivity index is 1.80. The van der Waals surface area contributed by atoms with E-state index in [1.807, 2.05) is 0 Å². The van der Waals surface area contributed by atoms with Crippen LogP contribution in [0.25, 0.3) is 0 Å². The molecule has 106 valence electrons. The zero-order valence-electron chi connectivity index (χ0n) is 11.7. The number of nitrogens with two attached hydrogens (primary N) is 1. The van der Waals surface area contributed by atoms with Crippen molar-refractivity contribution in [3.8, 4) is 0 Å². The fourth-order valence-electron chi connectivity index (χ4n) is 2.75. The van der Waals surface area contributed by atoms with E-state index in [0.29, 0.717) is 25.0 Å². The van der Waals surface area contributed by atoms with Crippen LogP contribution in [0.1, 0.15) is 35.5 Å². The molecule has 1 aromatic heterocycles. The van der Waals surface area contributed by atoms with Gasteiger partial charge in [0.1, 0.15) is 11.6 Å². The van der Waals surface area contributed by atoms with Crippen LogP contribution in [0, 0.1) is 0 Å². The maximum atomic E-state index is 5.74. The SMILES string of the molecule is COCCn1c(CN)nnc1C1CC1c1ccccc1. The zero-order valence-corrected chi connectivity index (χ0v) is 11.7. The van der Waals surface area contributed by atoms with Gasteiger partial charge in [-0.05, 0) is 17.9 Å². The van der Waals surface area contributed by atoms with Crippen LogP contribution in [0.2, 0.25) is 0 Å². The van der Waals surface area contributed by atoms with Gasteiger partial charge in [0.25, 0.3) is 0 Å². The van der Waals surface area contributed by atoms with Crippen molar-refractivity contribution in [2.45, 2.75) is 31.3 Å².